The standard InChI is InChI=1S/C33H45F2NO6Si/c1-6-13-29(35)41-31(38)33(28-22-39-28)20-18-27(30(37)42-32(3,4)5)36(33)23-40-43(21-19-24(2)34,25-14-9-7-10-15-25)26-16-11-8-12-17-26/h7-12,14-17,24,27-29H,6,13,18-23H2,1-5H3/t24?,27-,28?,29?,33-/m1/s1. The zero-order valence-corrected chi connectivity index (χ0v) is 26.9. The van der Waals surface area contributed by atoms with E-state index in [0.717, 1.165) is 10.4 Å². The minimum atomic E-state index is -3.15. The summed E-state index contributed by atoms with van der Waals surface area (Å²) in [6, 6.07) is 19.1. The second kappa shape index (κ2) is 14.0. The molecule has 0 aromatic heterocycles. The van der Waals surface area contributed by atoms with Crippen molar-refractivity contribution in [2.24, 2.45) is 0 Å². The van der Waals surface area contributed by atoms with Gasteiger partial charge in [-0.1, -0.05) is 67.6 Å². The Bertz CT molecular complexity index is 1170. The fourth-order valence-electron chi connectivity index (χ4n) is 5.97. The quantitative estimate of drug-likeness (QED) is 0.167. The van der Waals surface area contributed by atoms with Crippen molar-refractivity contribution in [2.45, 2.75) is 109 Å². The largest absolute Gasteiger partial charge is 0.459 e. The number of carbonyl (C=O) groups is 2. The average Bonchev–Trinajstić information content (AvgIpc) is 3.74. The number of hydrogen-bond acceptors (Lipinski definition) is 7. The van der Waals surface area contributed by atoms with Crippen LogP contribution in [0.4, 0.5) is 8.78 Å². The fourth-order valence-corrected chi connectivity index (χ4v) is 9.98. The molecule has 0 N–H and O–H groups in total. The van der Waals surface area contributed by atoms with Gasteiger partial charge in [0.1, 0.15) is 17.7 Å². The van der Waals surface area contributed by atoms with E-state index in [2.05, 4.69) is 0 Å². The van der Waals surface area contributed by atoms with E-state index in [-0.39, 0.29) is 39.0 Å². The first kappa shape index (κ1) is 33.2. The molecule has 0 amide bonds. The number of hydrogen-bond donors (Lipinski definition) is 0. The molecular formula is C33H45F2NO6Si. The van der Waals surface area contributed by atoms with Gasteiger partial charge < -0.3 is 18.6 Å². The molecular weight excluding hydrogens is 572 g/mol. The van der Waals surface area contributed by atoms with Crippen molar-refractivity contribution in [1.29, 1.82) is 0 Å². The summed E-state index contributed by atoms with van der Waals surface area (Å²) in [5.74, 6) is -1.27. The van der Waals surface area contributed by atoms with Crippen LogP contribution in [0.25, 0.3) is 0 Å². The van der Waals surface area contributed by atoms with E-state index in [4.69, 9.17) is 18.6 Å². The first-order valence-electron chi connectivity index (χ1n) is 15.3. The third-order valence-corrected chi connectivity index (χ3v) is 12.3. The number of alkyl halides is 2. The molecule has 0 spiro atoms. The van der Waals surface area contributed by atoms with Gasteiger partial charge in [-0.25, -0.2) is 18.5 Å². The van der Waals surface area contributed by atoms with Crippen molar-refractivity contribution in [3.8, 4) is 0 Å². The second-order valence-corrected chi connectivity index (χ2v) is 16.2. The van der Waals surface area contributed by atoms with Crippen LogP contribution in [0.2, 0.25) is 6.04 Å². The molecule has 10 heteroatoms. The van der Waals surface area contributed by atoms with Crippen LogP contribution in [0.5, 0.6) is 0 Å². The molecule has 2 aromatic carbocycles. The smallest absolute Gasteiger partial charge is 0.332 e. The Balaban J connectivity index is 1.78. The maximum atomic E-state index is 14.7. The summed E-state index contributed by atoms with van der Waals surface area (Å²) >= 11 is 0. The average molecular weight is 618 g/mol. The summed E-state index contributed by atoms with van der Waals surface area (Å²) in [6.07, 6.45) is -2.07. The molecule has 3 unspecified atom stereocenters. The number of likely N-dealkylation sites (tertiary alicyclic amines) is 1. The van der Waals surface area contributed by atoms with Gasteiger partial charge in [0, 0.05) is 6.42 Å². The molecule has 2 heterocycles. The topological polar surface area (TPSA) is 77.6 Å². The summed E-state index contributed by atoms with van der Waals surface area (Å²) in [4.78, 5) is 29.1. The van der Waals surface area contributed by atoms with Crippen LogP contribution in [-0.2, 0) is 28.2 Å². The maximum absolute atomic E-state index is 14.7. The van der Waals surface area contributed by atoms with Gasteiger partial charge in [-0.15, -0.1) is 0 Å². The minimum absolute atomic E-state index is 0.0682. The molecule has 0 aliphatic carbocycles. The van der Waals surface area contributed by atoms with E-state index < -0.39 is 56.1 Å². The number of ether oxygens (including phenoxy) is 3. The SMILES string of the molecule is CCCC(F)OC(=O)[C@]1(C2CO2)CC[C@H](C(=O)OC(C)(C)C)N1CO[Si](CCC(C)F)(c1ccccc1)c1ccccc1. The predicted molar refractivity (Wildman–Crippen MR) is 163 cm³/mol. The molecule has 236 valence electrons. The van der Waals surface area contributed by atoms with E-state index >= 15 is 0 Å². The van der Waals surface area contributed by atoms with Crippen LogP contribution in [-0.4, -0.2) is 74.3 Å². The zero-order chi connectivity index (χ0) is 31.3. The lowest BCUT2D eigenvalue weighted by Crippen LogP contribution is -2.65. The van der Waals surface area contributed by atoms with Gasteiger partial charge in [-0.05, 0) is 69.8 Å². The number of benzene rings is 2. The zero-order valence-electron chi connectivity index (χ0n) is 25.9. The van der Waals surface area contributed by atoms with Gasteiger partial charge in [0.15, 0.2) is 5.54 Å². The normalized spacial score (nSPS) is 23.9. The second-order valence-electron chi connectivity index (χ2n) is 12.6. The summed E-state index contributed by atoms with van der Waals surface area (Å²) in [6.45, 7) is 8.81. The molecule has 43 heavy (non-hydrogen) atoms. The molecule has 7 nitrogen and oxygen atoms in total. The van der Waals surface area contributed by atoms with Gasteiger partial charge >= 0.3 is 11.9 Å². The van der Waals surface area contributed by atoms with E-state index in [0.29, 0.717) is 12.5 Å². The highest BCUT2D eigenvalue weighted by molar-refractivity contribution is 6.97. The third kappa shape index (κ3) is 7.71. The van der Waals surface area contributed by atoms with Gasteiger partial charge in [0.05, 0.1) is 19.5 Å². The van der Waals surface area contributed by atoms with Crippen LogP contribution < -0.4 is 10.4 Å². The number of nitrogens with zero attached hydrogens (tertiary/aromatic N) is 1. The van der Waals surface area contributed by atoms with E-state index in [1.807, 2.05) is 67.6 Å². The molecule has 0 saturated carbocycles. The van der Waals surface area contributed by atoms with Crippen molar-refractivity contribution >= 4 is 30.6 Å². The van der Waals surface area contributed by atoms with Crippen molar-refractivity contribution in [2.75, 3.05) is 13.3 Å². The Labute approximate surface area is 255 Å². The lowest BCUT2D eigenvalue weighted by Gasteiger charge is -2.41. The Morgan fingerprint density at radius 3 is 2.12 bits per heavy atom. The predicted octanol–water partition coefficient (Wildman–Crippen LogP) is 5.05. The lowest BCUT2D eigenvalue weighted by molar-refractivity contribution is -0.180. The minimum Gasteiger partial charge on any atom is -0.459 e. The summed E-state index contributed by atoms with van der Waals surface area (Å²) in [7, 11) is -3.15. The highest BCUT2D eigenvalue weighted by Crippen LogP contribution is 2.44. The van der Waals surface area contributed by atoms with Crippen LogP contribution in [0.15, 0.2) is 60.7 Å². The van der Waals surface area contributed by atoms with Gasteiger partial charge in [-0.3, -0.25) is 4.79 Å². The summed E-state index contributed by atoms with van der Waals surface area (Å²) in [5.41, 5.74) is -2.19. The molecule has 4 rings (SSSR count). The molecule has 2 aliphatic heterocycles. The third-order valence-electron chi connectivity index (χ3n) is 8.16. The van der Waals surface area contributed by atoms with Crippen molar-refractivity contribution in [3.63, 3.8) is 0 Å². The number of epoxide rings is 1. The molecule has 0 radical (unpaired) electrons. The lowest BCUT2D eigenvalue weighted by atomic mass is 9.92. The molecule has 2 aromatic rings. The Morgan fingerprint density at radius 1 is 1.05 bits per heavy atom. The Hall–Kier alpha value is -2.66. The van der Waals surface area contributed by atoms with E-state index in [1.54, 1.807) is 25.7 Å². The van der Waals surface area contributed by atoms with Gasteiger partial charge in [0.25, 0.3) is 8.32 Å². The highest BCUT2D eigenvalue weighted by atomic mass is 28.4. The van der Waals surface area contributed by atoms with Crippen molar-refractivity contribution in [1.82, 2.24) is 4.90 Å². The van der Waals surface area contributed by atoms with Gasteiger partial charge in [-0.2, -0.15) is 0 Å². The number of esters is 2. The number of carbonyl (C=O) groups excluding carboxylic acids is 2. The molecule has 2 aliphatic rings. The number of halogens is 2. The van der Waals surface area contributed by atoms with E-state index in [1.165, 1.54) is 6.92 Å². The Kier molecular flexibility index (Phi) is 10.8. The van der Waals surface area contributed by atoms with E-state index in [9.17, 15) is 18.4 Å². The Morgan fingerprint density at radius 2 is 1.63 bits per heavy atom. The summed E-state index contributed by atoms with van der Waals surface area (Å²) in [5, 5.41) is 1.88. The summed E-state index contributed by atoms with van der Waals surface area (Å²) < 4.78 is 53.0. The first-order chi connectivity index (χ1) is 20.4. The molecule has 2 fully saturated rings. The highest BCUT2D eigenvalue weighted by Gasteiger charge is 2.64. The fraction of sp³-hybridized carbons (Fsp3) is 0.576. The van der Waals surface area contributed by atoms with Crippen LogP contribution in [0, 0.1) is 0 Å². The maximum Gasteiger partial charge on any atom is 0.332 e. The van der Waals surface area contributed by atoms with Crippen molar-refractivity contribution in [3.05, 3.63) is 60.7 Å². The number of rotatable bonds is 14. The van der Waals surface area contributed by atoms with Gasteiger partial charge in [0.2, 0.25) is 6.36 Å². The molecule has 2 saturated heterocycles. The molecule has 5 atom stereocenters. The monoisotopic (exact) mass is 617 g/mol. The van der Waals surface area contributed by atoms with Crippen LogP contribution in [0.1, 0.15) is 66.7 Å². The van der Waals surface area contributed by atoms with Crippen molar-refractivity contribution < 1.29 is 37.0 Å². The first-order valence-corrected chi connectivity index (χ1v) is 17.4. The molecule has 0 bridgehead atoms. The van der Waals surface area contributed by atoms with Crippen LogP contribution in [0.3, 0.4) is 0 Å². The van der Waals surface area contributed by atoms with Crippen LogP contribution >= 0.6 is 0 Å².